The van der Waals surface area contributed by atoms with Gasteiger partial charge in [0.05, 0.1) is 6.61 Å². The molecule has 2 rings (SSSR count). The minimum atomic E-state index is -0.907. The number of benzene rings is 1. The topological polar surface area (TPSA) is 115 Å². The van der Waals surface area contributed by atoms with Gasteiger partial charge in [0.25, 0.3) is 0 Å². The Morgan fingerprint density at radius 3 is 2.86 bits per heavy atom. The molecule has 22 heavy (non-hydrogen) atoms. The van der Waals surface area contributed by atoms with Gasteiger partial charge >= 0.3 is 11.9 Å². The lowest BCUT2D eigenvalue weighted by Crippen LogP contribution is -2.35. The molecule has 0 saturated heterocycles. The standard InChI is InChI=1S/C15H18N2O5/c1-2-21-14(19)8-22-15(20)12(16)5-9-7-17-13-4-3-10(18)6-11(9)13/h3-4,6-7,12,17-18H,2,5,8,16H2,1H3/t12-/m0/s1. The first-order valence-corrected chi connectivity index (χ1v) is 6.88. The second-order valence-corrected chi connectivity index (χ2v) is 4.77. The van der Waals surface area contributed by atoms with Gasteiger partial charge in [-0.1, -0.05) is 0 Å². The molecular weight excluding hydrogens is 288 g/mol. The van der Waals surface area contributed by atoms with Crippen molar-refractivity contribution in [3.8, 4) is 5.75 Å². The summed E-state index contributed by atoms with van der Waals surface area (Å²) in [4.78, 5) is 25.9. The lowest BCUT2D eigenvalue weighted by Gasteiger charge is -2.10. The molecule has 118 valence electrons. The van der Waals surface area contributed by atoms with Crippen LogP contribution in [0.4, 0.5) is 0 Å². The fourth-order valence-electron chi connectivity index (χ4n) is 2.10. The van der Waals surface area contributed by atoms with Gasteiger partial charge in [0.1, 0.15) is 11.8 Å². The molecule has 0 radical (unpaired) electrons. The number of aromatic amines is 1. The third kappa shape index (κ3) is 3.76. The fourth-order valence-corrected chi connectivity index (χ4v) is 2.10. The highest BCUT2D eigenvalue weighted by Crippen LogP contribution is 2.23. The number of aromatic hydroxyl groups is 1. The van der Waals surface area contributed by atoms with Crippen molar-refractivity contribution in [3.63, 3.8) is 0 Å². The van der Waals surface area contributed by atoms with Gasteiger partial charge in [0.2, 0.25) is 0 Å². The smallest absolute Gasteiger partial charge is 0.344 e. The number of carbonyl (C=O) groups is 2. The van der Waals surface area contributed by atoms with Gasteiger partial charge in [-0.15, -0.1) is 0 Å². The van der Waals surface area contributed by atoms with E-state index in [0.29, 0.717) is 0 Å². The first-order chi connectivity index (χ1) is 10.5. The number of aromatic nitrogens is 1. The third-order valence-corrected chi connectivity index (χ3v) is 3.13. The summed E-state index contributed by atoms with van der Waals surface area (Å²) in [6.45, 7) is 1.44. The lowest BCUT2D eigenvalue weighted by molar-refractivity contribution is -0.159. The number of nitrogens with one attached hydrogen (secondary N) is 1. The Labute approximate surface area is 127 Å². The number of hydrogen-bond acceptors (Lipinski definition) is 6. The highest BCUT2D eigenvalue weighted by atomic mass is 16.6. The molecule has 1 aromatic heterocycles. The van der Waals surface area contributed by atoms with E-state index in [-0.39, 0.29) is 18.8 Å². The number of esters is 2. The average molecular weight is 306 g/mol. The molecule has 1 atom stereocenters. The van der Waals surface area contributed by atoms with Crippen molar-refractivity contribution in [2.75, 3.05) is 13.2 Å². The Kier molecular flexibility index (Phi) is 5.00. The van der Waals surface area contributed by atoms with Gasteiger partial charge in [-0.05, 0) is 30.7 Å². The van der Waals surface area contributed by atoms with Crippen LogP contribution in [0.5, 0.6) is 5.75 Å². The molecule has 1 heterocycles. The van der Waals surface area contributed by atoms with Gasteiger partial charge in [-0.2, -0.15) is 0 Å². The van der Waals surface area contributed by atoms with Gasteiger partial charge < -0.3 is 25.3 Å². The van der Waals surface area contributed by atoms with E-state index in [0.717, 1.165) is 16.5 Å². The van der Waals surface area contributed by atoms with Crippen LogP contribution in [0.15, 0.2) is 24.4 Å². The van der Waals surface area contributed by atoms with E-state index in [4.69, 9.17) is 10.5 Å². The Bertz CT molecular complexity index is 680. The number of hydrogen-bond donors (Lipinski definition) is 3. The number of ether oxygens (including phenoxy) is 2. The number of phenols is 1. The Balaban J connectivity index is 1.98. The molecule has 0 unspecified atom stereocenters. The highest BCUT2D eigenvalue weighted by Gasteiger charge is 2.19. The van der Waals surface area contributed by atoms with Crippen molar-refractivity contribution in [2.24, 2.45) is 5.73 Å². The van der Waals surface area contributed by atoms with E-state index >= 15 is 0 Å². The van der Waals surface area contributed by atoms with E-state index in [1.54, 1.807) is 31.3 Å². The molecule has 0 saturated carbocycles. The molecular formula is C15H18N2O5. The van der Waals surface area contributed by atoms with Crippen molar-refractivity contribution in [1.82, 2.24) is 4.98 Å². The second-order valence-electron chi connectivity index (χ2n) is 4.77. The van der Waals surface area contributed by atoms with Crippen LogP contribution in [0.25, 0.3) is 10.9 Å². The summed E-state index contributed by atoms with van der Waals surface area (Å²) in [7, 11) is 0. The first kappa shape index (κ1) is 15.8. The van der Waals surface area contributed by atoms with Gasteiger partial charge in [0.15, 0.2) is 6.61 Å². The SMILES string of the molecule is CCOC(=O)COC(=O)[C@@H](N)Cc1c[nH]c2ccc(O)cc12. The molecule has 4 N–H and O–H groups in total. The minimum absolute atomic E-state index is 0.131. The number of fused-ring (bicyclic) bond motifs is 1. The predicted molar refractivity (Wildman–Crippen MR) is 79.2 cm³/mol. The first-order valence-electron chi connectivity index (χ1n) is 6.88. The molecule has 0 amide bonds. The van der Waals surface area contributed by atoms with Crippen LogP contribution in [0, 0.1) is 0 Å². The Morgan fingerprint density at radius 1 is 1.36 bits per heavy atom. The zero-order valence-electron chi connectivity index (χ0n) is 12.2. The number of rotatable bonds is 6. The molecule has 0 aliphatic rings. The lowest BCUT2D eigenvalue weighted by atomic mass is 10.1. The monoisotopic (exact) mass is 306 g/mol. The molecule has 0 fully saturated rings. The van der Waals surface area contributed by atoms with Gasteiger partial charge in [-0.3, -0.25) is 4.79 Å². The second kappa shape index (κ2) is 6.95. The molecule has 0 bridgehead atoms. The summed E-state index contributed by atoms with van der Waals surface area (Å²) in [5, 5.41) is 10.3. The summed E-state index contributed by atoms with van der Waals surface area (Å²) in [5.74, 6) is -1.16. The maximum Gasteiger partial charge on any atom is 0.344 e. The molecule has 0 aliphatic carbocycles. The van der Waals surface area contributed by atoms with Crippen LogP contribution < -0.4 is 5.73 Å². The zero-order chi connectivity index (χ0) is 16.1. The molecule has 0 aliphatic heterocycles. The molecule has 0 spiro atoms. The van der Waals surface area contributed by atoms with Crippen LogP contribution in [0.2, 0.25) is 0 Å². The highest BCUT2D eigenvalue weighted by molar-refractivity contribution is 5.86. The van der Waals surface area contributed by atoms with E-state index < -0.39 is 24.6 Å². The van der Waals surface area contributed by atoms with E-state index in [1.165, 1.54) is 0 Å². The summed E-state index contributed by atoms with van der Waals surface area (Å²) >= 11 is 0. The summed E-state index contributed by atoms with van der Waals surface area (Å²) in [6, 6.07) is 3.99. The third-order valence-electron chi connectivity index (χ3n) is 3.13. The number of H-pyrrole nitrogens is 1. The van der Waals surface area contributed by atoms with Crippen LogP contribution in [-0.4, -0.2) is 41.3 Å². The van der Waals surface area contributed by atoms with E-state index in [1.807, 2.05) is 0 Å². The van der Waals surface area contributed by atoms with Crippen LogP contribution in [0.3, 0.4) is 0 Å². The van der Waals surface area contributed by atoms with Crippen LogP contribution in [-0.2, 0) is 25.5 Å². The molecule has 2 aromatic rings. The van der Waals surface area contributed by atoms with Gasteiger partial charge in [0, 0.05) is 23.5 Å². The molecule has 1 aromatic carbocycles. The predicted octanol–water partition coefficient (Wildman–Crippen LogP) is 0.850. The summed E-state index contributed by atoms with van der Waals surface area (Å²) < 4.78 is 9.46. The number of carbonyl (C=O) groups excluding carboxylic acids is 2. The van der Waals surface area contributed by atoms with Crippen molar-refractivity contribution in [3.05, 3.63) is 30.0 Å². The van der Waals surface area contributed by atoms with E-state index in [2.05, 4.69) is 9.72 Å². The maximum atomic E-state index is 11.8. The maximum absolute atomic E-state index is 11.8. The summed E-state index contributed by atoms with van der Waals surface area (Å²) in [5.41, 5.74) is 7.41. The number of phenolic OH excluding ortho intramolecular Hbond substituents is 1. The Hall–Kier alpha value is -2.54. The zero-order valence-corrected chi connectivity index (χ0v) is 12.2. The summed E-state index contributed by atoms with van der Waals surface area (Å²) in [6.07, 6.45) is 1.95. The van der Waals surface area contributed by atoms with Gasteiger partial charge in [-0.25, -0.2) is 4.79 Å². The Morgan fingerprint density at radius 2 is 2.14 bits per heavy atom. The average Bonchev–Trinajstić information content (AvgIpc) is 2.87. The number of nitrogens with two attached hydrogens (primary N) is 1. The fraction of sp³-hybridized carbons (Fsp3) is 0.333. The van der Waals surface area contributed by atoms with Crippen molar-refractivity contribution < 1.29 is 24.2 Å². The van der Waals surface area contributed by atoms with Crippen LogP contribution in [0.1, 0.15) is 12.5 Å². The van der Waals surface area contributed by atoms with Crippen LogP contribution >= 0.6 is 0 Å². The van der Waals surface area contributed by atoms with Crippen molar-refractivity contribution in [1.29, 1.82) is 0 Å². The van der Waals surface area contributed by atoms with E-state index in [9.17, 15) is 14.7 Å². The van der Waals surface area contributed by atoms with Crippen molar-refractivity contribution in [2.45, 2.75) is 19.4 Å². The normalized spacial score (nSPS) is 12.1. The minimum Gasteiger partial charge on any atom is -0.508 e. The molecule has 7 nitrogen and oxygen atoms in total. The molecule has 7 heteroatoms. The quantitative estimate of drug-likeness (QED) is 0.682. The largest absolute Gasteiger partial charge is 0.508 e. The van der Waals surface area contributed by atoms with Crippen molar-refractivity contribution >= 4 is 22.8 Å².